The Kier molecular flexibility index (Phi) is 4.98. The SMILES string of the molecule is C=C(C)[C@H]1Cc2c(ccc(C3=NN4CCCN=C4c4oc5cc(OC)c(OC)cc5c43)c2OC)O1. The molecule has 0 spiro atoms. The number of methoxy groups -OCH3 is 3. The number of hydrogen-bond donors (Lipinski definition) is 0. The zero-order chi connectivity index (χ0) is 24.3. The lowest BCUT2D eigenvalue weighted by atomic mass is 9.93. The molecule has 8 heteroatoms. The Morgan fingerprint density at radius 1 is 1.11 bits per heavy atom. The molecule has 3 aliphatic heterocycles. The van der Waals surface area contributed by atoms with Gasteiger partial charge in [0.05, 0.1) is 26.9 Å². The molecular weight excluding hydrogens is 446 g/mol. The Balaban J connectivity index is 1.60. The quantitative estimate of drug-likeness (QED) is 0.506. The van der Waals surface area contributed by atoms with Crippen molar-refractivity contribution >= 4 is 22.5 Å². The highest BCUT2D eigenvalue weighted by Crippen LogP contribution is 2.44. The number of nitrogens with zero attached hydrogens (tertiary/aromatic N) is 3. The van der Waals surface area contributed by atoms with Gasteiger partial charge in [-0.25, -0.2) is 5.01 Å². The number of benzene rings is 2. The second-order valence-corrected chi connectivity index (χ2v) is 8.92. The number of fused-ring (bicyclic) bond motifs is 6. The van der Waals surface area contributed by atoms with E-state index in [0.717, 1.165) is 70.2 Å². The van der Waals surface area contributed by atoms with Crippen molar-refractivity contribution in [1.29, 1.82) is 0 Å². The Labute approximate surface area is 203 Å². The first-order valence-corrected chi connectivity index (χ1v) is 11.7. The predicted molar refractivity (Wildman–Crippen MR) is 134 cm³/mol. The Morgan fingerprint density at radius 2 is 1.91 bits per heavy atom. The summed E-state index contributed by atoms with van der Waals surface area (Å²) in [4.78, 5) is 4.75. The van der Waals surface area contributed by atoms with Gasteiger partial charge in [0.1, 0.15) is 28.9 Å². The van der Waals surface area contributed by atoms with Crippen LogP contribution in [0.3, 0.4) is 0 Å². The summed E-state index contributed by atoms with van der Waals surface area (Å²) in [5, 5.41) is 7.88. The standard InChI is InChI=1S/C27H27N3O5/c1-14(2)19-12-17-18(34-19)8-7-15(25(17)33-5)24-23-16-11-21(31-3)22(32-4)13-20(16)35-26(23)27-28-9-6-10-30(27)29-24/h7-8,11,13,19H,1,6,9-10,12H2,2-5H3/t19-/m1/s1. The van der Waals surface area contributed by atoms with E-state index in [0.29, 0.717) is 29.3 Å². The van der Waals surface area contributed by atoms with E-state index in [-0.39, 0.29) is 6.10 Å². The highest BCUT2D eigenvalue weighted by Gasteiger charge is 2.37. The van der Waals surface area contributed by atoms with Crippen molar-refractivity contribution in [2.75, 3.05) is 34.4 Å². The Bertz CT molecular complexity index is 1430. The maximum absolute atomic E-state index is 6.40. The first-order valence-electron chi connectivity index (χ1n) is 11.7. The fourth-order valence-electron chi connectivity index (χ4n) is 5.04. The molecule has 0 fully saturated rings. The summed E-state index contributed by atoms with van der Waals surface area (Å²) in [6, 6.07) is 7.78. The summed E-state index contributed by atoms with van der Waals surface area (Å²) in [6.45, 7) is 7.56. The van der Waals surface area contributed by atoms with E-state index < -0.39 is 0 Å². The number of hydrazone groups is 1. The van der Waals surface area contributed by atoms with Crippen LogP contribution in [0.2, 0.25) is 0 Å². The molecule has 0 radical (unpaired) electrons. The highest BCUT2D eigenvalue weighted by atomic mass is 16.5. The van der Waals surface area contributed by atoms with Gasteiger partial charge in [0.2, 0.25) is 0 Å². The van der Waals surface area contributed by atoms with Gasteiger partial charge in [0.15, 0.2) is 23.1 Å². The summed E-state index contributed by atoms with van der Waals surface area (Å²) in [6.07, 6.45) is 1.56. The van der Waals surface area contributed by atoms with Crippen molar-refractivity contribution in [3.05, 3.63) is 58.9 Å². The largest absolute Gasteiger partial charge is 0.496 e. The maximum atomic E-state index is 6.40. The summed E-state index contributed by atoms with van der Waals surface area (Å²) in [5.74, 6) is 4.23. The van der Waals surface area contributed by atoms with Crippen LogP contribution in [-0.2, 0) is 6.42 Å². The van der Waals surface area contributed by atoms with Crippen LogP contribution in [0.15, 0.2) is 50.9 Å². The number of furan rings is 1. The summed E-state index contributed by atoms with van der Waals surface area (Å²) >= 11 is 0. The van der Waals surface area contributed by atoms with Crippen molar-refractivity contribution in [3.8, 4) is 23.0 Å². The van der Waals surface area contributed by atoms with Crippen molar-refractivity contribution in [2.24, 2.45) is 10.1 Å². The van der Waals surface area contributed by atoms with E-state index in [4.69, 9.17) is 33.5 Å². The van der Waals surface area contributed by atoms with Crippen molar-refractivity contribution in [2.45, 2.75) is 25.9 Å². The zero-order valence-corrected chi connectivity index (χ0v) is 20.3. The van der Waals surface area contributed by atoms with E-state index in [1.165, 1.54) is 0 Å². The monoisotopic (exact) mass is 473 g/mol. The first-order chi connectivity index (χ1) is 17.0. The second-order valence-electron chi connectivity index (χ2n) is 8.92. The lowest BCUT2D eigenvalue weighted by Gasteiger charge is -2.29. The molecule has 180 valence electrons. The van der Waals surface area contributed by atoms with Crippen LogP contribution in [0.4, 0.5) is 0 Å². The highest BCUT2D eigenvalue weighted by molar-refractivity contribution is 6.27. The third kappa shape index (κ3) is 3.20. The molecule has 0 aliphatic carbocycles. The van der Waals surface area contributed by atoms with E-state index >= 15 is 0 Å². The Morgan fingerprint density at radius 3 is 2.66 bits per heavy atom. The molecule has 4 heterocycles. The smallest absolute Gasteiger partial charge is 0.188 e. The molecule has 0 saturated carbocycles. The molecule has 35 heavy (non-hydrogen) atoms. The van der Waals surface area contributed by atoms with Gasteiger partial charge in [0.25, 0.3) is 0 Å². The van der Waals surface area contributed by atoms with Crippen molar-refractivity contribution in [3.63, 3.8) is 0 Å². The number of hydrogen-bond acceptors (Lipinski definition) is 8. The molecule has 0 unspecified atom stereocenters. The van der Waals surface area contributed by atoms with Gasteiger partial charge in [-0.1, -0.05) is 6.58 Å². The van der Waals surface area contributed by atoms with E-state index in [1.807, 2.05) is 36.2 Å². The molecule has 1 aromatic heterocycles. The lowest BCUT2D eigenvalue weighted by molar-refractivity contribution is 0.271. The Hall–Kier alpha value is -3.94. The van der Waals surface area contributed by atoms with Crippen LogP contribution in [0.25, 0.3) is 11.0 Å². The van der Waals surface area contributed by atoms with Crippen LogP contribution in [0.5, 0.6) is 23.0 Å². The number of aliphatic imine (C=N–C) groups is 1. The number of ether oxygens (including phenoxy) is 4. The van der Waals surface area contributed by atoms with Gasteiger partial charge in [-0.3, -0.25) is 4.99 Å². The molecule has 0 bridgehead atoms. The summed E-state index contributed by atoms with van der Waals surface area (Å²) in [5.41, 5.74) is 5.20. The molecular formula is C27H27N3O5. The van der Waals surface area contributed by atoms with Gasteiger partial charge in [0, 0.05) is 42.1 Å². The van der Waals surface area contributed by atoms with Gasteiger partial charge in [-0.15, -0.1) is 0 Å². The van der Waals surface area contributed by atoms with Crippen LogP contribution in [0.1, 0.15) is 35.8 Å². The van der Waals surface area contributed by atoms with E-state index in [9.17, 15) is 0 Å². The molecule has 3 aliphatic rings. The van der Waals surface area contributed by atoms with Crippen molar-refractivity contribution < 1.29 is 23.4 Å². The average molecular weight is 474 g/mol. The third-order valence-corrected chi connectivity index (χ3v) is 6.77. The molecule has 6 rings (SSSR count). The first kappa shape index (κ1) is 21.6. The minimum atomic E-state index is -0.0645. The number of rotatable bonds is 5. The molecule has 1 atom stereocenters. The molecule has 8 nitrogen and oxygen atoms in total. The topological polar surface area (TPSA) is 78.0 Å². The molecule has 2 aromatic carbocycles. The van der Waals surface area contributed by atoms with Crippen LogP contribution in [-0.4, -0.2) is 57.1 Å². The third-order valence-electron chi connectivity index (χ3n) is 6.77. The molecule has 0 amide bonds. The molecule has 3 aromatic rings. The van der Waals surface area contributed by atoms with Gasteiger partial charge in [-0.2, -0.15) is 5.10 Å². The summed E-state index contributed by atoms with van der Waals surface area (Å²) < 4.78 is 29.6. The lowest BCUT2D eigenvalue weighted by Crippen LogP contribution is -2.37. The average Bonchev–Trinajstić information content (AvgIpc) is 3.48. The summed E-state index contributed by atoms with van der Waals surface area (Å²) in [7, 11) is 4.93. The van der Waals surface area contributed by atoms with Crippen LogP contribution in [0, 0.1) is 0 Å². The zero-order valence-electron chi connectivity index (χ0n) is 20.3. The van der Waals surface area contributed by atoms with Crippen LogP contribution < -0.4 is 18.9 Å². The predicted octanol–water partition coefficient (Wildman–Crippen LogP) is 4.56. The van der Waals surface area contributed by atoms with Crippen LogP contribution >= 0.6 is 0 Å². The molecule has 0 saturated heterocycles. The minimum absolute atomic E-state index is 0.0645. The van der Waals surface area contributed by atoms with Gasteiger partial charge in [-0.05, 0) is 37.1 Å². The van der Waals surface area contributed by atoms with E-state index in [1.54, 1.807) is 21.3 Å². The van der Waals surface area contributed by atoms with E-state index in [2.05, 4.69) is 6.58 Å². The fourth-order valence-corrected chi connectivity index (χ4v) is 5.04. The minimum Gasteiger partial charge on any atom is -0.496 e. The number of amidine groups is 1. The normalized spacial score (nSPS) is 18.2. The molecule has 0 N–H and O–H groups in total. The fraction of sp³-hybridized carbons (Fsp3) is 0.333. The van der Waals surface area contributed by atoms with Crippen molar-refractivity contribution in [1.82, 2.24) is 5.01 Å². The maximum Gasteiger partial charge on any atom is 0.188 e. The van der Waals surface area contributed by atoms with Gasteiger partial charge < -0.3 is 23.4 Å². The second kappa shape index (κ2) is 8.08. The van der Waals surface area contributed by atoms with Gasteiger partial charge >= 0.3 is 0 Å².